The van der Waals surface area contributed by atoms with Crippen LogP contribution in [0.1, 0.15) is 62.2 Å². The molecule has 24 heavy (non-hydrogen) atoms. The van der Waals surface area contributed by atoms with Crippen LogP contribution in [-0.4, -0.2) is 46.8 Å². The van der Waals surface area contributed by atoms with Gasteiger partial charge in [-0.1, -0.05) is 38.0 Å². The van der Waals surface area contributed by atoms with E-state index in [-0.39, 0.29) is 12.4 Å². The number of hydrogen-bond acceptors (Lipinski definition) is 3. The van der Waals surface area contributed by atoms with Gasteiger partial charge in [0.15, 0.2) is 0 Å². The van der Waals surface area contributed by atoms with Crippen LogP contribution < -0.4 is 0 Å². The molecule has 1 aliphatic rings. The summed E-state index contributed by atoms with van der Waals surface area (Å²) in [6.45, 7) is 5.17. The number of nitrogens with zero attached hydrogens (tertiary/aromatic N) is 1. The molecule has 1 saturated heterocycles. The number of rotatable bonds is 7. The zero-order valence-electron chi connectivity index (χ0n) is 14.7. The average molecular weight is 358 g/mol. The van der Waals surface area contributed by atoms with Crippen molar-refractivity contribution >= 4 is 18.4 Å². The van der Waals surface area contributed by atoms with E-state index >= 15 is 0 Å². The Morgan fingerprint density at radius 1 is 1.21 bits per heavy atom. The fourth-order valence-electron chi connectivity index (χ4n) is 2.95. The Kier molecular flexibility index (Phi) is 13.6. The molecule has 138 valence electrons. The summed E-state index contributed by atoms with van der Waals surface area (Å²) in [5.41, 5.74) is 0.331. The quantitative estimate of drug-likeness (QED) is 0.767. The Bertz CT molecular complexity index is 412. The van der Waals surface area contributed by atoms with E-state index in [2.05, 4.69) is 11.8 Å². The minimum atomic E-state index is -0.879. The van der Waals surface area contributed by atoms with Crippen LogP contribution in [0.15, 0.2) is 30.3 Å². The van der Waals surface area contributed by atoms with E-state index in [0.29, 0.717) is 12.2 Å². The first-order valence-corrected chi connectivity index (χ1v) is 8.82. The van der Waals surface area contributed by atoms with Crippen LogP contribution in [0.4, 0.5) is 0 Å². The maximum absolute atomic E-state index is 10.2. The average Bonchev–Trinajstić information content (AvgIpc) is 2.60. The Hall–Kier alpha value is -1.10. The molecule has 2 rings (SSSR count). The summed E-state index contributed by atoms with van der Waals surface area (Å²) in [5, 5.41) is 17.2. The number of piperidine rings is 1. The van der Waals surface area contributed by atoms with Crippen LogP contribution in [0, 0.1) is 0 Å². The number of aromatic carboxylic acids is 1. The first-order valence-electron chi connectivity index (χ1n) is 8.82. The molecule has 0 bridgehead atoms. The lowest BCUT2D eigenvalue weighted by Gasteiger charge is -2.35. The lowest BCUT2D eigenvalue weighted by Crippen LogP contribution is -2.40. The molecular weight excluding hydrogens is 326 g/mol. The van der Waals surface area contributed by atoms with Crippen LogP contribution in [0.2, 0.25) is 0 Å². The van der Waals surface area contributed by atoms with Gasteiger partial charge >= 0.3 is 5.97 Å². The van der Waals surface area contributed by atoms with Gasteiger partial charge < -0.3 is 15.1 Å². The van der Waals surface area contributed by atoms with Crippen molar-refractivity contribution in [3.8, 4) is 0 Å². The minimum absolute atomic E-state index is 0. The molecule has 5 heteroatoms. The number of aliphatic hydroxyl groups excluding tert-OH is 1. The highest BCUT2D eigenvalue weighted by atomic mass is 35.5. The number of likely N-dealkylation sites (tertiary alicyclic amines) is 1. The Morgan fingerprint density at radius 2 is 1.92 bits per heavy atom. The number of carbonyl (C=O) groups is 1. The zero-order valence-corrected chi connectivity index (χ0v) is 15.5. The molecule has 0 amide bonds. The summed E-state index contributed by atoms with van der Waals surface area (Å²) < 4.78 is 0. The lowest BCUT2D eigenvalue weighted by molar-refractivity contribution is 0.0697. The van der Waals surface area contributed by atoms with E-state index in [9.17, 15) is 4.79 Å². The van der Waals surface area contributed by atoms with Crippen molar-refractivity contribution in [2.24, 2.45) is 0 Å². The fourth-order valence-corrected chi connectivity index (χ4v) is 2.95. The van der Waals surface area contributed by atoms with E-state index in [1.54, 1.807) is 30.3 Å². The monoisotopic (exact) mass is 357 g/mol. The van der Waals surface area contributed by atoms with E-state index in [4.69, 9.17) is 10.2 Å². The molecule has 0 saturated carbocycles. The second-order valence-corrected chi connectivity index (χ2v) is 6.08. The summed E-state index contributed by atoms with van der Waals surface area (Å²) in [4.78, 5) is 12.8. The van der Waals surface area contributed by atoms with E-state index in [1.807, 2.05) is 0 Å². The van der Waals surface area contributed by atoms with Crippen molar-refractivity contribution in [2.75, 3.05) is 19.7 Å². The highest BCUT2D eigenvalue weighted by Crippen LogP contribution is 2.21. The molecule has 1 aromatic rings. The van der Waals surface area contributed by atoms with Crippen molar-refractivity contribution in [1.82, 2.24) is 4.90 Å². The fraction of sp³-hybridized carbons (Fsp3) is 0.632. The second-order valence-electron chi connectivity index (χ2n) is 6.08. The van der Waals surface area contributed by atoms with Crippen molar-refractivity contribution in [3.63, 3.8) is 0 Å². The number of aliphatic hydroxyl groups is 1. The van der Waals surface area contributed by atoms with Gasteiger partial charge in [-0.2, -0.15) is 0 Å². The summed E-state index contributed by atoms with van der Waals surface area (Å²) in [7, 11) is 0. The predicted molar refractivity (Wildman–Crippen MR) is 101 cm³/mol. The number of hydrogen-bond donors (Lipinski definition) is 2. The van der Waals surface area contributed by atoms with Gasteiger partial charge in [-0.15, -0.1) is 12.4 Å². The molecule has 0 aliphatic carbocycles. The van der Waals surface area contributed by atoms with E-state index in [0.717, 1.165) is 12.5 Å². The second kappa shape index (κ2) is 14.3. The van der Waals surface area contributed by atoms with Crippen LogP contribution in [0.5, 0.6) is 0 Å². The highest BCUT2D eigenvalue weighted by Gasteiger charge is 2.20. The van der Waals surface area contributed by atoms with Gasteiger partial charge in [0.1, 0.15) is 0 Å². The highest BCUT2D eigenvalue weighted by molar-refractivity contribution is 5.87. The topological polar surface area (TPSA) is 60.8 Å². The van der Waals surface area contributed by atoms with Gasteiger partial charge in [0.25, 0.3) is 0 Å². The minimum Gasteiger partial charge on any atom is -0.478 e. The summed E-state index contributed by atoms with van der Waals surface area (Å²) in [6, 6.07) is 9.06. The standard InChI is InChI=1S/C12H25NO.C7H6O2.ClH/c1-2-3-9-13-10-5-4-7-12(13)8-6-11-14;8-7(9)6-4-2-1-3-5-6;/h12,14H,2-11H2,1H3;1-5H,(H,8,9);1H. The molecule has 2 N–H and O–H groups in total. The maximum atomic E-state index is 10.2. The molecule has 0 spiro atoms. The zero-order chi connectivity index (χ0) is 16.9. The van der Waals surface area contributed by atoms with Crippen LogP contribution >= 0.6 is 12.4 Å². The smallest absolute Gasteiger partial charge is 0.335 e. The third-order valence-electron chi connectivity index (χ3n) is 4.26. The number of unbranched alkanes of at least 4 members (excludes halogenated alkanes) is 1. The summed E-state index contributed by atoms with van der Waals surface area (Å²) in [5.74, 6) is -0.879. The maximum Gasteiger partial charge on any atom is 0.335 e. The molecule has 1 aromatic carbocycles. The van der Waals surface area contributed by atoms with Crippen molar-refractivity contribution in [3.05, 3.63) is 35.9 Å². The van der Waals surface area contributed by atoms with Gasteiger partial charge in [0, 0.05) is 12.6 Å². The summed E-state index contributed by atoms with van der Waals surface area (Å²) >= 11 is 0. The molecule has 0 aromatic heterocycles. The molecule has 1 heterocycles. The number of benzene rings is 1. The summed E-state index contributed by atoms with van der Waals surface area (Å²) in [6.07, 6.45) is 8.91. The first-order chi connectivity index (χ1) is 11.2. The van der Waals surface area contributed by atoms with Crippen LogP contribution in [0.3, 0.4) is 0 Å². The third-order valence-corrected chi connectivity index (χ3v) is 4.26. The Labute approximate surface area is 152 Å². The lowest BCUT2D eigenvalue weighted by atomic mass is 9.98. The number of halogens is 1. The molecular formula is C19H32ClNO3. The Morgan fingerprint density at radius 3 is 2.46 bits per heavy atom. The molecule has 1 atom stereocenters. The number of carboxylic acid groups (broad SMARTS) is 1. The largest absolute Gasteiger partial charge is 0.478 e. The normalized spacial score (nSPS) is 17.3. The molecule has 1 aliphatic heterocycles. The van der Waals surface area contributed by atoms with Gasteiger partial charge in [-0.05, 0) is 57.3 Å². The van der Waals surface area contributed by atoms with E-state index in [1.165, 1.54) is 51.6 Å². The third kappa shape index (κ3) is 9.26. The van der Waals surface area contributed by atoms with E-state index < -0.39 is 5.97 Å². The molecule has 1 fully saturated rings. The van der Waals surface area contributed by atoms with Crippen molar-refractivity contribution < 1.29 is 15.0 Å². The van der Waals surface area contributed by atoms with Gasteiger partial charge in [0.05, 0.1) is 5.56 Å². The molecule has 0 radical (unpaired) electrons. The van der Waals surface area contributed by atoms with Crippen molar-refractivity contribution in [1.29, 1.82) is 0 Å². The SMILES string of the molecule is CCCCN1CCCCC1CCCO.Cl.O=C(O)c1ccccc1. The van der Waals surface area contributed by atoms with Gasteiger partial charge in [-0.3, -0.25) is 0 Å². The van der Waals surface area contributed by atoms with Gasteiger partial charge in [0.2, 0.25) is 0 Å². The Balaban J connectivity index is 0.000000460. The first kappa shape index (κ1) is 22.9. The number of carboxylic acids is 1. The molecule has 1 unspecified atom stereocenters. The van der Waals surface area contributed by atoms with Crippen molar-refractivity contribution in [2.45, 2.75) is 57.9 Å². The van der Waals surface area contributed by atoms with Gasteiger partial charge in [-0.25, -0.2) is 4.79 Å². The van der Waals surface area contributed by atoms with Crippen LogP contribution in [0.25, 0.3) is 0 Å². The predicted octanol–water partition coefficient (Wildman–Crippen LogP) is 4.22. The molecule has 4 nitrogen and oxygen atoms in total. The van der Waals surface area contributed by atoms with Crippen LogP contribution in [-0.2, 0) is 0 Å².